The summed E-state index contributed by atoms with van der Waals surface area (Å²) < 4.78 is 1.57. The van der Waals surface area contributed by atoms with E-state index in [9.17, 15) is 4.79 Å². The van der Waals surface area contributed by atoms with Gasteiger partial charge in [0.25, 0.3) is 5.91 Å². The van der Waals surface area contributed by atoms with Crippen LogP contribution >= 0.6 is 0 Å². The first-order chi connectivity index (χ1) is 8.97. The molecule has 100 valence electrons. The Bertz CT molecular complexity index is 601. The van der Waals surface area contributed by atoms with E-state index in [2.05, 4.69) is 10.4 Å². The van der Waals surface area contributed by atoms with Crippen LogP contribution in [0, 0.1) is 6.92 Å². The largest absolute Gasteiger partial charge is 0.324 e. The zero-order valence-corrected chi connectivity index (χ0v) is 11.3. The number of nitrogens with one attached hydrogen (secondary N) is 1. The SMILES string of the molecule is Cc1cc(C(=O)Nc2cccc(C(C)N)c2)n(C)n1. The zero-order valence-electron chi connectivity index (χ0n) is 11.3. The number of aryl methyl sites for hydroxylation is 2. The molecule has 0 spiro atoms. The van der Waals surface area contributed by atoms with Gasteiger partial charge in [0.05, 0.1) is 5.69 Å². The Morgan fingerprint density at radius 2 is 2.16 bits per heavy atom. The summed E-state index contributed by atoms with van der Waals surface area (Å²) in [5, 5.41) is 7.01. The summed E-state index contributed by atoms with van der Waals surface area (Å²) in [4.78, 5) is 12.1. The van der Waals surface area contributed by atoms with Crippen molar-refractivity contribution < 1.29 is 4.79 Å². The molecule has 19 heavy (non-hydrogen) atoms. The number of nitrogens with two attached hydrogens (primary N) is 1. The molecule has 1 atom stereocenters. The number of rotatable bonds is 3. The van der Waals surface area contributed by atoms with E-state index in [0.29, 0.717) is 5.69 Å². The van der Waals surface area contributed by atoms with E-state index in [1.54, 1.807) is 17.8 Å². The molecule has 0 saturated carbocycles. The van der Waals surface area contributed by atoms with Gasteiger partial charge in [-0.05, 0) is 37.6 Å². The molecule has 3 N–H and O–H groups in total. The van der Waals surface area contributed by atoms with E-state index >= 15 is 0 Å². The van der Waals surface area contributed by atoms with Crippen LogP contribution in [0.15, 0.2) is 30.3 Å². The number of amides is 1. The number of nitrogens with zero attached hydrogens (tertiary/aromatic N) is 2. The maximum Gasteiger partial charge on any atom is 0.273 e. The summed E-state index contributed by atoms with van der Waals surface area (Å²) in [5.41, 5.74) is 8.89. The quantitative estimate of drug-likeness (QED) is 0.884. The standard InChI is InChI=1S/C14H18N4O/c1-9-7-13(18(3)17-9)14(19)16-12-6-4-5-11(8-12)10(2)15/h4-8,10H,15H2,1-3H3,(H,16,19). The maximum absolute atomic E-state index is 12.1. The molecule has 0 aliphatic rings. The first-order valence-corrected chi connectivity index (χ1v) is 6.15. The van der Waals surface area contributed by atoms with Gasteiger partial charge in [-0.15, -0.1) is 0 Å². The van der Waals surface area contributed by atoms with Gasteiger partial charge in [0.15, 0.2) is 0 Å². The van der Waals surface area contributed by atoms with E-state index < -0.39 is 0 Å². The fourth-order valence-electron chi connectivity index (χ4n) is 1.92. The van der Waals surface area contributed by atoms with Crippen LogP contribution in [0.5, 0.6) is 0 Å². The lowest BCUT2D eigenvalue weighted by Gasteiger charge is -2.09. The molecule has 0 aliphatic heterocycles. The van der Waals surface area contributed by atoms with Crippen molar-refractivity contribution in [2.75, 3.05) is 5.32 Å². The molecule has 0 bridgehead atoms. The molecular weight excluding hydrogens is 240 g/mol. The molecule has 2 rings (SSSR count). The van der Waals surface area contributed by atoms with Gasteiger partial charge in [0.1, 0.15) is 5.69 Å². The first kappa shape index (κ1) is 13.3. The summed E-state index contributed by atoms with van der Waals surface area (Å²) in [6, 6.07) is 9.23. The fourth-order valence-corrected chi connectivity index (χ4v) is 1.92. The van der Waals surface area contributed by atoms with Crippen molar-refractivity contribution in [3.05, 3.63) is 47.3 Å². The highest BCUT2D eigenvalue weighted by atomic mass is 16.2. The van der Waals surface area contributed by atoms with Crippen LogP contribution in [-0.2, 0) is 7.05 Å². The Labute approximate surface area is 112 Å². The molecule has 1 unspecified atom stereocenters. The number of hydrogen-bond donors (Lipinski definition) is 2. The normalized spacial score (nSPS) is 12.2. The Kier molecular flexibility index (Phi) is 3.66. The second-order valence-corrected chi connectivity index (χ2v) is 4.66. The van der Waals surface area contributed by atoms with Gasteiger partial charge in [-0.25, -0.2) is 0 Å². The molecule has 0 aliphatic carbocycles. The number of hydrogen-bond acceptors (Lipinski definition) is 3. The Balaban J connectivity index is 2.19. The van der Waals surface area contributed by atoms with Crippen molar-refractivity contribution in [3.63, 3.8) is 0 Å². The summed E-state index contributed by atoms with van der Waals surface area (Å²) in [5.74, 6) is -0.176. The topological polar surface area (TPSA) is 72.9 Å². The van der Waals surface area contributed by atoms with Gasteiger partial charge in [-0.1, -0.05) is 12.1 Å². The second-order valence-electron chi connectivity index (χ2n) is 4.66. The highest BCUT2D eigenvalue weighted by molar-refractivity contribution is 6.03. The predicted molar refractivity (Wildman–Crippen MR) is 74.9 cm³/mol. The Morgan fingerprint density at radius 1 is 1.42 bits per heavy atom. The minimum atomic E-state index is -0.176. The molecule has 0 fully saturated rings. The number of aromatic nitrogens is 2. The van der Waals surface area contributed by atoms with Gasteiger partial charge in [-0.2, -0.15) is 5.10 Å². The third-order valence-corrected chi connectivity index (χ3v) is 2.90. The summed E-state index contributed by atoms with van der Waals surface area (Å²) >= 11 is 0. The molecule has 1 amide bonds. The lowest BCUT2D eigenvalue weighted by molar-refractivity contribution is 0.101. The minimum Gasteiger partial charge on any atom is -0.324 e. The third-order valence-electron chi connectivity index (χ3n) is 2.90. The molecule has 5 nitrogen and oxygen atoms in total. The van der Waals surface area contributed by atoms with E-state index in [4.69, 9.17) is 5.73 Å². The first-order valence-electron chi connectivity index (χ1n) is 6.15. The van der Waals surface area contributed by atoms with Crippen LogP contribution in [0.2, 0.25) is 0 Å². The monoisotopic (exact) mass is 258 g/mol. The predicted octanol–water partition coefficient (Wildman–Crippen LogP) is 2.00. The van der Waals surface area contributed by atoms with E-state index in [1.807, 2.05) is 38.1 Å². The van der Waals surface area contributed by atoms with Crippen LogP contribution in [0.3, 0.4) is 0 Å². The molecule has 0 saturated heterocycles. The van der Waals surface area contributed by atoms with Crippen molar-refractivity contribution in [3.8, 4) is 0 Å². The van der Waals surface area contributed by atoms with Crippen LogP contribution in [-0.4, -0.2) is 15.7 Å². The number of carbonyl (C=O) groups is 1. The van der Waals surface area contributed by atoms with E-state index in [-0.39, 0.29) is 11.9 Å². The highest BCUT2D eigenvalue weighted by Crippen LogP contribution is 2.16. The molecule has 2 aromatic rings. The molecule has 1 aromatic heterocycles. The van der Waals surface area contributed by atoms with E-state index in [0.717, 1.165) is 16.9 Å². The smallest absolute Gasteiger partial charge is 0.273 e. The molecule has 5 heteroatoms. The van der Waals surface area contributed by atoms with Gasteiger partial charge >= 0.3 is 0 Å². The minimum absolute atomic E-state index is 0.0594. The maximum atomic E-state index is 12.1. The van der Waals surface area contributed by atoms with Crippen molar-refractivity contribution in [1.82, 2.24) is 9.78 Å². The van der Waals surface area contributed by atoms with Crippen LogP contribution in [0.25, 0.3) is 0 Å². The van der Waals surface area contributed by atoms with Crippen molar-refractivity contribution in [2.45, 2.75) is 19.9 Å². The second kappa shape index (κ2) is 5.24. The van der Waals surface area contributed by atoms with Crippen molar-refractivity contribution >= 4 is 11.6 Å². The average Bonchev–Trinajstić information content (AvgIpc) is 2.69. The van der Waals surface area contributed by atoms with Crippen LogP contribution in [0.4, 0.5) is 5.69 Å². The average molecular weight is 258 g/mol. The Morgan fingerprint density at radius 3 is 2.74 bits per heavy atom. The van der Waals surface area contributed by atoms with Crippen molar-refractivity contribution in [2.24, 2.45) is 12.8 Å². The number of anilines is 1. The summed E-state index contributed by atoms with van der Waals surface area (Å²) in [7, 11) is 1.75. The lowest BCUT2D eigenvalue weighted by atomic mass is 10.1. The number of benzene rings is 1. The third kappa shape index (κ3) is 3.00. The molecule has 0 radical (unpaired) electrons. The fraction of sp³-hybridized carbons (Fsp3) is 0.286. The van der Waals surface area contributed by atoms with Crippen molar-refractivity contribution in [1.29, 1.82) is 0 Å². The van der Waals surface area contributed by atoms with Gasteiger partial charge in [-0.3, -0.25) is 9.48 Å². The van der Waals surface area contributed by atoms with Gasteiger partial charge in [0.2, 0.25) is 0 Å². The van der Waals surface area contributed by atoms with Crippen LogP contribution < -0.4 is 11.1 Å². The number of carbonyl (C=O) groups excluding carboxylic acids is 1. The molecular formula is C14H18N4O. The Hall–Kier alpha value is -2.14. The highest BCUT2D eigenvalue weighted by Gasteiger charge is 2.12. The summed E-state index contributed by atoms with van der Waals surface area (Å²) in [6.45, 7) is 3.76. The summed E-state index contributed by atoms with van der Waals surface area (Å²) in [6.07, 6.45) is 0. The lowest BCUT2D eigenvalue weighted by Crippen LogP contribution is -2.16. The van der Waals surface area contributed by atoms with Gasteiger partial charge in [0, 0.05) is 18.8 Å². The molecule has 1 aromatic carbocycles. The van der Waals surface area contributed by atoms with Gasteiger partial charge < -0.3 is 11.1 Å². The van der Waals surface area contributed by atoms with Crippen LogP contribution in [0.1, 0.15) is 34.7 Å². The van der Waals surface area contributed by atoms with E-state index in [1.165, 1.54) is 0 Å². The molecule has 1 heterocycles. The zero-order chi connectivity index (χ0) is 14.0.